The quantitative estimate of drug-likeness (QED) is 0.749. The monoisotopic (exact) mass is 377 g/mol. The lowest BCUT2D eigenvalue weighted by molar-refractivity contribution is -0.138. The van der Waals surface area contributed by atoms with E-state index in [0.717, 1.165) is 15.3 Å². The van der Waals surface area contributed by atoms with Crippen molar-refractivity contribution < 1.29 is 13.2 Å². The number of rotatable bonds is 3. The summed E-state index contributed by atoms with van der Waals surface area (Å²) in [5, 5.41) is 3.00. The van der Waals surface area contributed by atoms with E-state index in [2.05, 4.69) is 27.9 Å². The van der Waals surface area contributed by atoms with Crippen LogP contribution in [0.3, 0.4) is 0 Å². The number of nitrogens with one attached hydrogen (secondary N) is 1. The molecular formula is C14H11F3IN. The topological polar surface area (TPSA) is 12.0 Å². The van der Waals surface area contributed by atoms with Gasteiger partial charge in [0.2, 0.25) is 0 Å². The summed E-state index contributed by atoms with van der Waals surface area (Å²) < 4.78 is 39.5. The van der Waals surface area contributed by atoms with Crippen LogP contribution in [0.25, 0.3) is 0 Å². The van der Waals surface area contributed by atoms with Crippen LogP contribution in [0.15, 0.2) is 48.5 Å². The van der Waals surface area contributed by atoms with Crippen molar-refractivity contribution in [1.82, 2.24) is 0 Å². The van der Waals surface area contributed by atoms with Crippen molar-refractivity contribution in [1.29, 1.82) is 0 Å². The fourth-order valence-electron chi connectivity index (χ4n) is 1.72. The second-order valence-electron chi connectivity index (χ2n) is 4.02. The number of hydrogen-bond donors (Lipinski definition) is 1. The molecule has 100 valence electrons. The molecule has 0 spiro atoms. The van der Waals surface area contributed by atoms with Crippen molar-refractivity contribution in [3.8, 4) is 0 Å². The lowest BCUT2D eigenvalue weighted by Crippen LogP contribution is -2.11. The first kappa shape index (κ1) is 14.2. The lowest BCUT2D eigenvalue weighted by atomic mass is 10.1. The van der Waals surface area contributed by atoms with Crippen LogP contribution >= 0.6 is 22.6 Å². The fourth-order valence-corrected chi connectivity index (χ4v) is 2.08. The Labute approximate surface area is 123 Å². The maximum Gasteiger partial charge on any atom is 0.416 e. The number of halogens is 4. The highest BCUT2D eigenvalue weighted by Gasteiger charge is 2.32. The molecule has 0 atom stereocenters. The minimum absolute atomic E-state index is 0.149. The average Bonchev–Trinajstić information content (AvgIpc) is 2.37. The zero-order valence-corrected chi connectivity index (χ0v) is 12.0. The van der Waals surface area contributed by atoms with Crippen LogP contribution in [0.2, 0.25) is 0 Å². The summed E-state index contributed by atoms with van der Waals surface area (Å²) in [6, 6.07) is 13.1. The third kappa shape index (κ3) is 3.86. The van der Waals surface area contributed by atoms with Gasteiger partial charge in [-0.3, -0.25) is 0 Å². The standard InChI is InChI=1S/C14H11F3IN/c15-14(16,17)13-4-2-1-3-10(13)9-19-12-7-5-11(18)6-8-12/h1-8,19H,9H2. The Morgan fingerprint density at radius 2 is 1.58 bits per heavy atom. The average molecular weight is 377 g/mol. The molecule has 5 heteroatoms. The summed E-state index contributed by atoms with van der Waals surface area (Å²) >= 11 is 2.18. The van der Waals surface area contributed by atoms with Crippen LogP contribution in [0.1, 0.15) is 11.1 Å². The molecule has 2 aromatic rings. The van der Waals surface area contributed by atoms with Gasteiger partial charge in [0.05, 0.1) is 5.56 Å². The Balaban J connectivity index is 2.14. The molecule has 0 radical (unpaired) electrons. The third-order valence-corrected chi connectivity index (χ3v) is 3.37. The highest BCUT2D eigenvalue weighted by molar-refractivity contribution is 14.1. The van der Waals surface area contributed by atoms with E-state index in [-0.39, 0.29) is 12.1 Å². The van der Waals surface area contributed by atoms with E-state index in [4.69, 9.17) is 0 Å². The van der Waals surface area contributed by atoms with Crippen molar-refractivity contribution in [2.45, 2.75) is 12.7 Å². The maximum absolute atomic E-state index is 12.8. The maximum atomic E-state index is 12.8. The predicted molar refractivity (Wildman–Crippen MR) is 77.9 cm³/mol. The molecule has 0 bridgehead atoms. The van der Waals surface area contributed by atoms with Crippen LogP contribution in [0.4, 0.5) is 18.9 Å². The normalized spacial score (nSPS) is 11.4. The molecule has 2 aromatic carbocycles. The van der Waals surface area contributed by atoms with Crippen molar-refractivity contribution in [2.75, 3.05) is 5.32 Å². The number of hydrogen-bond acceptors (Lipinski definition) is 1. The number of benzene rings is 2. The van der Waals surface area contributed by atoms with Crippen molar-refractivity contribution in [3.05, 3.63) is 63.2 Å². The van der Waals surface area contributed by atoms with Crippen molar-refractivity contribution in [2.24, 2.45) is 0 Å². The Morgan fingerprint density at radius 1 is 0.947 bits per heavy atom. The highest BCUT2D eigenvalue weighted by atomic mass is 127. The molecule has 0 saturated carbocycles. The van der Waals surface area contributed by atoms with E-state index < -0.39 is 11.7 Å². The van der Waals surface area contributed by atoms with E-state index >= 15 is 0 Å². The van der Waals surface area contributed by atoms with E-state index in [0.29, 0.717) is 0 Å². The Hall–Kier alpha value is -1.24. The molecule has 0 unspecified atom stereocenters. The second-order valence-corrected chi connectivity index (χ2v) is 5.26. The SMILES string of the molecule is FC(F)(F)c1ccccc1CNc1ccc(I)cc1. The summed E-state index contributed by atoms with van der Waals surface area (Å²) in [7, 11) is 0. The smallest absolute Gasteiger partial charge is 0.381 e. The Kier molecular flexibility index (Phi) is 4.34. The first-order valence-electron chi connectivity index (χ1n) is 5.61. The fraction of sp³-hybridized carbons (Fsp3) is 0.143. The van der Waals surface area contributed by atoms with E-state index in [9.17, 15) is 13.2 Å². The Bertz CT molecular complexity index is 549. The van der Waals surface area contributed by atoms with Gasteiger partial charge < -0.3 is 5.32 Å². The molecule has 0 saturated heterocycles. The molecule has 19 heavy (non-hydrogen) atoms. The summed E-state index contributed by atoms with van der Waals surface area (Å²) in [5.41, 5.74) is 0.457. The molecule has 0 aliphatic rings. The van der Waals surface area contributed by atoms with Gasteiger partial charge in [0, 0.05) is 15.8 Å². The van der Waals surface area contributed by atoms with E-state index in [1.807, 2.05) is 24.3 Å². The van der Waals surface area contributed by atoms with Crippen LogP contribution in [0.5, 0.6) is 0 Å². The Morgan fingerprint density at radius 3 is 2.21 bits per heavy atom. The van der Waals surface area contributed by atoms with Gasteiger partial charge >= 0.3 is 6.18 Å². The minimum atomic E-state index is -4.32. The van der Waals surface area contributed by atoms with Gasteiger partial charge in [-0.1, -0.05) is 18.2 Å². The molecule has 1 nitrogen and oxygen atoms in total. The number of anilines is 1. The van der Waals surface area contributed by atoms with Crippen molar-refractivity contribution >= 4 is 28.3 Å². The van der Waals surface area contributed by atoms with Gasteiger partial charge in [-0.05, 0) is 58.5 Å². The molecule has 0 aliphatic carbocycles. The van der Waals surface area contributed by atoms with Crippen LogP contribution in [0, 0.1) is 3.57 Å². The molecule has 0 aromatic heterocycles. The largest absolute Gasteiger partial charge is 0.416 e. The summed E-state index contributed by atoms with van der Waals surface area (Å²) in [6.07, 6.45) is -4.32. The molecule has 0 amide bonds. The van der Waals surface area contributed by atoms with Gasteiger partial charge in [-0.15, -0.1) is 0 Å². The van der Waals surface area contributed by atoms with E-state index in [1.165, 1.54) is 12.1 Å². The van der Waals surface area contributed by atoms with Crippen molar-refractivity contribution in [3.63, 3.8) is 0 Å². The molecule has 0 heterocycles. The van der Waals surface area contributed by atoms with Crippen LogP contribution in [-0.2, 0) is 12.7 Å². The van der Waals surface area contributed by atoms with E-state index in [1.54, 1.807) is 6.07 Å². The van der Waals surface area contributed by atoms with Gasteiger partial charge in [0.1, 0.15) is 0 Å². The predicted octanol–water partition coefficient (Wildman–Crippen LogP) is 4.92. The first-order valence-corrected chi connectivity index (χ1v) is 6.69. The van der Waals surface area contributed by atoms with Crippen LogP contribution in [-0.4, -0.2) is 0 Å². The molecule has 0 fully saturated rings. The molecule has 0 aliphatic heterocycles. The molecule has 2 rings (SSSR count). The highest BCUT2D eigenvalue weighted by Crippen LogP contribution is 2.32. The molecular weight excluding hydrogens is 366 g/mol. The summed E-state index contributed by atoms with van der Waals surface area (Å²) in [6.45, 7) is 0.149. The zero-order valence-electron chi connectivity index (χ0n) is 9.84. The van der Waals surface area contributed by atoms with Crippen LogP contribution < -0.4 is 5.32 Å². The lowest BCUT2D eigenvalue weighted by Gasteiger charge is -2.13. The summed E-state index contributed by atoms with van der Waals surface area (Å²) in [5.74, 6) is 0. The van der Waals surface area contributed by atoms with Gasteiger partial charge in [-0.25, -0.2) is 0 Å². The summed E-state index contributed by atoms with van der Waals surface area (Å²) in [4.78, 5) is 0. The number of alkyl halides is 3. The molecule has 1 N–H and O–H groups in total. The first-order chi connectivity index (χ1) is 8.97. The van der Waals surface area contributed by atoms with Gasteiger partial charge in [0.25, 0.3) is 0 Å². The zero-order chi connectivity index (χ0) is 13.9. The second kappa shape index (κ2) is 5.81. The van der Waals surface area contributed by atoms with Gasteiger partial charge in [0.15, 0.2) is 0 Å². The third-order valence-electron chi connectivity index (χ3n) is 2.65. The minimum Gasteiger partial charge on any atom is -0.381 e. The van der Waals surface area contributed by atoms with Gasteiger partial charge in [-0.2, -0.15) is 13.2 Å².